The van der Waals surface area contributed by atoms with Gasteiger partial charge in [0.15, 0.2) is 5.82 Å². The molecule has 0 aliphatic rings. The maximum Gasteiger partial charge on any atom is 0.420 e. The SMILES string of the molecule is COc1nc(F)c(C(F)(F)F)cc1Cl.COc1nc(NN)c(C(F)(F)F)cc1Cl.Cc1cc(Cl)c(F)nc1F. The summed E-state index contributed by atoms with van der Waals surface area (Å²) in [6.07, 6.45) is -9.39. The van der Waals surface area contributed by atoms with Gasteiger partial charge in [-0.1, -0.05) is 34.8 Å². The molecule has 0 saturated heterocycles. The number of aromatic nitrogens is 3. The van der Waals surface area contributed by atoms with E-state index in [4.69, 9.17) is 40.6 Å². The van der Waals surface area contributed by atoms with Crippen molar-refractivity contribution < 1.29 is 49.0 Å². The number of hydrazine groups is 1. The number of nitrogen functional groups attached to an aromatic ring is 1. The van der Waals surface area contributed by atoms with Gasteiger partial charge in [0, 0.05) is 5.56 Å². The summed E-state index contributed by atoms with van der Waals surface area (Å²) in [4.78, 5) is 9.29. The lowest BCUT2D eigenvalue weighted by Crippen LogP contribution is -2.16. The summed E-state index contributed by atoms with van der Waals surface area (Å²) in [6.45, 7) is 1.47. The summed E-state index contributed by atoms with van der Waals surface area (Å²) in [6, 6.07) is 2.32. The molecule has 3 rings (SSSR count). The van der Waals surface area contributed by atoms with Gasteiger partial charge in [0.2, 0.25) is 29.6 Å². The van der Waals surface area contributed by atoms with Crippen molar-refractivity contribution in [3.05, 3.63) is 67.8 Å². The summed E-state index contributed by atoms with van der Waals surface area (Å²) < 4.78 is 120. The first-order valence-corrected chi connectivity index (χ1v) is 10.7. The summed E-state index contributed by atoms with van der Waals surface area (Å²) >= 11 is 16.1. The van der Waals surface area contributed by atoms with Gasteiger partial charge in [-0.15, -0.1) is 0 Å². The van der Waals surface area contributed by atoms with Crippen LogP contribution in [0.4, 0.5) is 45.3 Å². The first kappa shape index (κ1) is 34.1. The number of hydrogen-bond acceptors (Lipinski definition) is 7. The van der Waals surface area contributed by atoms with Crippen LogP contribution in [0.1, 0.15) is 16.7 Å². The molecule has 39 heavy (non-hydrogen) atoms. The zero-order valence-corrected chi connectivity index (χ0v) is 21.8. The molecule has 0 aliphatic heterocycles. The summed E-state index contributed by atoms with van der Waals surface area (Å²) in [5.41, 5.74) is -0.480. The molecular formula is C20H15Cl3F9N5O2. The molecule has 0 unspecified atom stereocenters. The van der Waals surface area contributed by atoms with Crippen molar-refractivity contribution in [2.24, 2.45) is 5.84 Å². The highest BCUT2D eigenvalue weighted by atomic mass is 35.5. The van der Waals surface area contributed by atoms with Gasteiger partial charge >= 0.3 is 12.4 Å². The molecule has 19 heteroatoms. The lowest BCUT2D eigenvalue weighted by molar-refractivity contribution is -0.140. The van der Waals surface area contributed by atoms with Crippen LogP contribution in [-0.2, 0) is 12.4 Å². The normalized spacial score (nSPS) is 11.1. The Morgan fingerprint density at radius 2 is 1.15 bits per heavy atom. The lowest BCUT2D eigenvalue weighted by Gasteiger charge is -2.13. The molecule has 216 valence electrons. The number of aryl methyl sites for hydroxylation is 1. The van der Waals surface area contributed by atoms with Crippen LogP contribution in [-0.4, -0.2) is 29.2 Å². The number of ether oxygens (including phenoxy) is 2. The van der Waals surface area contributed by atoms with Crippen molar-refractivity contribution in [3.63, 3.8) is 0 Å². The number of pyridine rings is 3. The lowest BCUT2D eigenvalue weighted by atomic mass is 10.2. The zero-order chi connectivity index (χ0) is 30.3. The fraction of sp³-hybridized carbons (Fsp3) is 0.250. The van der Waals surface area contributed by atoms with E-state index in [2.05, 4.69) is 24.4 Å². The summed E-state index contributed by atoms with van der Waals surface area (Å²) in [5, 5.41) is -0.774. The maximum atomic E-state index is 12.7. The van der Waals surface area contributed by atoms with E-state index >= 15 is 0 Å². The fourth-order valence-electron chi connectivity index (χ4n) is 2.27. The van der Waals surface area contributed by atoms with Crippen LogP contribution in [0.5, 0.6) is 11.8 Å². The third kappa shape index (κ3) is 9.63. The third-order valence-electron chi connectivity index (χ3n) is 4.04. The molecule has 0 aromatic carbocycles. The number of nitrogens with one attached hydrogen (secondary N) is 1. The minimum Gasteiger partial charge on any atom is -0.480 e. The molecule has 3 N–H and O–H groups in total. The number of rotatable bonds is 3. The third-order valence-corrected chi connectivity index (χ3v) is 4.84. The van der Waals surface area contributed by atoms with Gasteiger partial charge in [-0.3, -0.25) is 0 Å². The van der Waals surface area contributed by atoms with Crippen LogP contribution < -0.4 is 20.7 Å². The van der Waals surface area contributed by atoms with Gasteiger partial charge in [0.1, 0.15) is 21.2 Å². The first-order chi connectivity index (χ1) is 17.9. The van der Waals surface area contributed by atoms with Crippen molar-refractivity contribution in [1.29, 1.82) is 0 Å². The second-order valence-electron chi connectivity index (χ2n) is 6.70. The molecule has 0 fully saturated rings. The molecule has 0 bridgehead atoms. The Bertz CT molecular complexity index is 1250. The van der Waals surface area contributed by atoms with E-state index in [1.54, 1.807) is 0 Å². The average molecular weight is 635 g/mol. The number of methoxy groups -OCH3 is 2. The number of halogens is 12. The molecule has 0 aliphatic carbocycles. The quantitative estimate of drug-likeness (QED) is 0.135. The standard InChI is InChI=1S/C7H4ClF4NO.C7H7ClF3N3O.C6H4ClF2N/c1-14-6-4(8)2-3(5(9)13-6)7(10,11)12;1-15-6-4(8)2-3(7(9,10)11)5(13-6)14-12;1-3-2-4(7)6(9)10-5(3)8/h2H,1H3;2H,12H2,1H3,(H,13,14);2H,1H3. The molecule has 0 amide bonds. The van der Waals surface area contributed by atoms with E-state index < -0.39 is 47.1 Å². The number of hydrogen-bond donors (Lipinski definition) is 2. The molecule has 3 aromatic heterocycles. The predicted molar refractivity (Wildman–Crippen MR) is 123 cm³/mol. The number of anilines is 1. The van der Waals surface area contributed by atoms with Crippen LogP contribution in [0.25, 0.3) is 0 Å². The van der Waals surface area contributed by atoms with E-state index in [0.717, 1.165) is 7.11 Å². The minimum atomic E-state index is -4.81. The van der Waals surface area contributed by atoms with Crippen LogP contribution in [0.15, 0.2) is 18.2 Å². The van der Waals surface area contributed by atoms with Gasteiger partial charge in [-0.25, -0.2) is 5.84 Å². The van der Waals surface area contributed by atoms with E-state index in [9.17, 15) is 39.5 Å². The Hall–Kier alpha value is -2.95. The predicted octanol–water partition coefficient (Wildman–Crippen LogP) is 7.27. The van der Waals surface area contributed by atoms with Crippen LogP contribution >= 0.6 is 34.8 Å². The minimum absolute atomic E-state index is 0.127. The van der Waals surface area contributed by atoms with E-state index in [1.165, 1.54) is 20.1 Å². The van der Waals surface area contributed by atoms with E-state index in [1.807, 2.05) is 5.43 Å². The van der Waals surface area contributed by atoms with Crippen molar-refractivity contribution in [1.82, 2.24) is 15.0 Å². The van der Waals surface area contributed by atoms with Gasteiger partial charge in [-0.2, -0.15) is 54.5 Å². The molecule has 0 radical (unpaired) electrons. The molecule has 0 atom stereocenters. The molecule has 3 aromatic rings. The Morgan fingerprint density at radius 1 is 0.692 bits per heavy atom. The van der Waals surface area contributed by atoms with E-state index in [-0.39, 0.29) is 32.4 Å². The largest absolute Gasteiger partial charge is 0.480 e. The molecule has 0 saturated carbocycles. The van der Waals surface area contributed by atoms with Crippen molar-refractivity contribution in [3.8, 4) is 11.8 Å². The first-order valence-electron chi connectivity index (χ1n) is 9.60. The molecule has 0 spiro atoms. The Balaban J connectivity index is 0.000000298. The maximum absolute atomic E-state index is 12.7. The fourth-order valence-corrected chi connectivity index (χ4v) is 2.93. The van der Waals surface area contributed by atoms with Gasteiger partial charge < -0.3 is 14.9 Å². The smallest absolute Gasteiger partial charge is 0.420 e. The topological polar surface area (TPSA) is 95.2 Å². The Kier molecular flexibility index (Phi) is 12.2. The van der Waals surface area contributed by atoms with Crippen LogP contribution in [0, 0.1) is 24.8 Å². The number of nitrogens with zero attached hydrogens (tertiary/aromatic N) is 3. The monoisotopic (exact) mass is 633 g/mol. The highest BCUT2D eigenvalue weighted by Gasteiger charge is 2.36. The number of alkyl halides is 6. The summed E-state index contributed by atoms with van der Waals surface area (Å²) in [7, 11) is 2.36. The van der Waals surface area contributed by atoms with Gasteiger partial charge in [0.05, 0.1) is 19.2 Å². The van der Waals surface area contributed by atoms with Gasteiger partial charge in [0.25, 0.3) is 0 Å². The van der Waals surface area contributed by atoms with E-state index in [0.29, 0.717) is 12.1 Å². The average Bonchev–Trinajstić information content (AvgIpc) is 2.83. The molecular weight excluding hydrogens is 620 g/mol. The Morgan fingerprint density at radius 3 is 1.56 bits per heavy atom. The highest BCUT2D eigenvalue weighted by molar-refractivity contribution is 6.32. The van der Waals surface area contributed by atoms with Crippen molar-refractivity contribution >= 4 is 40.6 Å². The van der Waals surface area contributed by atoms with Crippen LogP contribution in [0.3, 0.4) is 0 Å². The molecule has 7 nitrogen and oxygen atoms in total. The second kappa shape index (κ2) is 13.9. The second-order valence-corrected chi connectivity index (χ2v) is 7.92. The molecule has 3 heterocycles. The highest BCUT2D eigenvalue weighted by Crippen LogP contribution is 2.38. The van der Waals surface area contributed by atoms with Crippen LogP contribution in [0.2, 0.25) is 15.1 Å². The number of nitrogens with two attached hydrogens (primary N) is 1. The van der Waals surface area contributed by atoms with Crippen molar-refractivity contribution in [2.75, 3.05) is 19.6 Å². The zero-order valence-electron chi connectivity index (χ0n) is 19.5. The van der Waals surface area contributed by atoms with Crippen molar-refractivity contribution in [2.45, 2.75) is 19.3 Å². The van der Waals surface area contributed by atoms with Gasteiger partial charge in [-0.05, 0) is 25.1 Å². The Labute approximate surface area is 229 Å². The summed E-state index contributed by atoms with van der Waals surface area (Å²) in [5.74, 6) is 0.427.